The molecule has 18 heavy (non-hydrogen) atoms. The summed E-state index contributed by atoms with van der Waals surface area (Å²) in [5, 5.41) is 0. The minimum absolute atomic E-state index is 0.117. The Morgan fingerprint density at radius 1 is 1.39 bits per heavy atom. The number of ether oxygens (including phenoxy) is 1. The average molecular weight is 273 g/mol. The van der Waals surface area contributed by atoms with Gasteiger partial charge in [0.05, 0.1) is 6.61 Å². The molecule has 0 unspecified atom stereocenters. The highest BCUT2D eigenvalue weighted by Gasteiger charge is 2.26. The van der Waals surface area contributed by atoms with Gasteiger partial charge < -0.3 is 4.74 Å². The zero-order valence-corrected chi connectivity index (χ0v) is 11.2. The second kappa shape index (κ2) is 4.85. The number of sulfonamides is 1. The third-order valence-corrected chi connectivity index (χ3v) is 4.67. The molecular weight excluding hydrogens is 257 g/mol. The van der Waals surface area contributed by atoms with Crippen molar-refractivity contribution in [1.29, 1.82) is 0 Å². The Balaban J connectivity index is 2.33. The molecule has 0 saturated heterocycles. The second-order valence-corrected chi connectivity index (χ2v) is 6.75. The van der Waals surface area contributed by atoms with E-state index < -0.39 is 15.8 Å². The van der Waals surface area contributed by atoms with Crippen LogP contribution in [0.15, 0.2) is 23.1 Å². The van der Waals surface area contributed by atoms with Gasteiger partial charge in [0.1, 0.15) is 16.5 Å². The number of hydrogen-bond donors (Lipinski definition) is 0. The van der Waals surface area contributed by atoms with Gasteiger partial charge in [-0.3, -0.25) is 0 Å². The van der Waals surface area contributed by atoms with Crippen LogP contribution in [0.1, 0.15) is 12.8 Å². The van der Waals surface area contributed by atoms with E-state index in [9.17, 15) is 12.8 Å². The van der Waals surface area contributed by atoms with Crippen LogP contribution in [0.4, 0.5) is 4.39 Å². The van der Waals surface area contributed by atoms with E-state index in [1.54, 1.807) is 0 Å². The molecule has 1 aromatic rings. The van der Waals surface area contributed by atoms with Gasteiger partial charge in [-0.1, -0.05) is 0 Å². The van der Waals surface area contributed by atoms with E-state index in [-0.39, 0.29) is 10.6 Å². The number of nitrogens with zero attached hydrogens (tertiary/aromatic N) is 1. The Kier molecular flexibility index (Phi) is 3.59. The van der Waals surface area contributed by atoms with Crippen LogP contribution in [0.2, 0.25) is 0 Å². The van der Waals surface area contributed by atoms with Crippen molar-refractivity contribution in [3.63, 3.8) is 0 Å². The van der Waals surface area contributed by atoms with Crippen LogP contribution in [-0.4, -0.2) is 33.4 Å². The van der Waals surface area contributed by atoms with E-state index in [1.165, 1.54) is 26.2 Å². The quantitative estimate of drug-likeness (QED) is 0.822. The number of benzene rings is 1. The first-order valence-corrected chi connectivity index (χ1v) is 7.20. The summed E-state index contributed by atoms with van der Waals surface area (Å²) >= 11 is 0. The predicted molar refractivity (Wildman–Crippen MR) is 65.5 cm³/mol. The van der Waals surface area contributed by atoms with E-state index in [0.717, 1.165) is 23.2 Å². The van der Waals surface area contributed by atoms with E-state index in [2.05, 4.69) is 0 Å². The molecule has 0 radical (unpaired) electrons. The van der Waals surface area contributed by atoms with Crippen LogP contribution in [0, 0.1) is 11.7 Å². The normalized spacial score (nSPS) is 16.0. The third kappa shape index (κ3) is 2.81. The molecule has 2 rings (SSSR count). The van der Waals surface area contributed by atoms with Crippen LogP contribution in [0.5, 0.6) is 5.75 Å². The lowest BCUT2D eigenvalue weighted by molar-refractivity contribution is 0.291. The number of rotatable bonds is 5. The summed E-state index contributed by atoms with van der Waals surface area (Å²) in [6, 6.07) is 3.57. The minimum atomic E-state index is -3.69. The van der Waals surface area contributed by atoms with Crippen molar-refractivity contribution in [2.75, 3.05) is 20.7 Å². The van der Waals surface area contributed by atoms with Crippen molar-refractivity contribution < 1.29 is 17.5 Å². The van der Waals surface area contributed by atoms with Gasteiger partial charge in [-0.05, 0) is 37.0 Å². The molecule has 1 aliphatic rings. The lowest BCUT2D eigenvalue weighted by Crippen LogP contribution is -2.23. The van der Waals surface area contributed by atoms with Crippen molar-refractivity contribution in [3.8, 4) is 5.75 Å². The maximum Gasteiger partial charge on any atom is 0.246 e. The molecule has 0 aromatic heterocycles. The van der Waals surface area contributed by atoms with Gasteiger partial charge in [-0.25, -0.2) is 17.1 Å². The summed E-state index contributed by atoms with van der Waals surface area (Å²) in [6.45, 7) is 0.488. The average Bonchev–Trinajstić information content (AvgIpc) is 3.11. The molecule has 1 aromatic carbocycles. The van der Waals surface area contributed by atoms with Gasteiger partial charge in [-0.15, -0.1) is 0 Å². The van der Waals surface area contributed by atoms with Crippen LogP contribution < -0.4 is 4.74 Å². The highest BCUT2D eigenvalue weighted by Crippen LogP contribution is 2.32. The molecule has 0 spiro atoms. The standard InChI is InChI=1S/C12H16FNO3S/c1-14(2)18(15,16)12-7-10(13)5-6-11(12)17-8-9-3-4-9/h5-7,9H,3-4,8H2,1-2H3. The van der Waals surface area contributed by atoms with Crippen molar-refractivity contribution in [2.45, 2.75) is 17.7 Å². The van der Waals surface area contributed by atoms with Crippen LogP contribution in [0.3, 0.4) is 0 Å². The number of halogens is 1. The van der Waals surface area contributed by atoms with Gasteiger partial charge in [0.25, 0.3) is 0 Å². The van der Waals surface area contributed by atoms with Gasteiger partial charge in [0.15, 0.2) is 0 Å². The molecule has 100 valence electrons. The molecule has 0 heterocycles. The van der Waals surface area contributed by atoms with Crippen molar-refractivity contribution in [2.24, 2.45) is 5.92 Å². The summed E-state index contributed by atoms with van der Waals surface area (Å²) in [5.41, 5.74) is 0. The summed E-state index contributed by atoms with van der Waals surface area (Å²) < 4.78 is 43.8. The summed E-state index contributed by atoms with van der Waals surface area (Å²) in [7, 11) is -0.874. The fourth-order valence-corrected chi connectivity index (χ4v) is 2.53. The zero-order valence-electron chi connectivity index (χ0n) is 10.4. The summed E-state index contributed by atoms with van der Waals surface area (Å²) in [5.74, 6) is 0.135. The Morgan fingerprint density at radius 3 is 2.61 bits per heavy atom. The molecule has 0 N–H and O–H groups in total. The predicted octanol–water partition coefficient (Wildman–Crippen LogP) is 1.86. The summed E-state index contributed by atoms with van der Waals surface area (Å²) in [4.78, 5) is -0.117. The topological polar surface area (TPSA) is 46.6 Å². The van der Waals surface area contributed by atoms with E-state index >= 15 is 0 Å². The van der Waals surface area contributed by atoms with Gasteiger partial charge >= 0.3 is 0 Å². The Labute approximate surface area is 106 Å². The van der Waals surface area contributed by atoms with Crippen molar-refractivity contribution >= 4 is 10.0 Å². The second-order valence-electron chi connectivity index (χ2n) is 4.63. The summed E-state index contributed by atoms with van der Waals surface area (Å²) in [6.07, 6.45) is 2.22. The largest absolute Gasteiger partial charge is 0.492 e. The van der Waals surface area contributed by atoms with E-state index in [4.69, 9.17) is 4.74 Å². The number of hydrogen-bond acceptors (Lipinski definition) is 3. The van der Waals surface area contributed by atoms with Crippen LogP contribution in [-0.2, 0) is 10.0 Å². The lowest BCUT2D eigenvalue weighted by Gasteiger charge is -2.15. The molecule has 1 fully saturated rings. The molecule has 0 atom stereocenters. The highest BCUT2D eigenvalue weighted by molar-refractivity contribution is 7.89. The first-order valence-electron chi connectivity index (χ1n) is 5.76. The molecule has 4 nitrogen and oxygen atoms in total. The van der Waals surface area contributed by atoms with Gasteiger partial charge in [0, 0.05) is 14.1 Å². The third-order valence-electron chi connectivity index (χ3n) is 2.84. The first-order chi connectivity index (χ1) is 8.41. The van der Waals surface area contributed by atoms with Crippen LogP contribution in [0.25, 0.3) is 0 Å². The van der Waals surface area contributed by atoms with E-state index in [0.29, 0.717) is 12.5 Å². The maximum absolute atomic E-state index is 13.2. The molecule has 1 aliphatic carbocycles. The Bertz CT molecular complexity index is 538. The van der Waals surface area contributed by atoms with Crippen molar-refractivity contribution in [1.82, 2.24) is 4.31 Å². The smallest absolute Gasteiger partial charge is 0.246 e. The van der Waals surface area contributed by atoms with Crippen molar-refractivity contribution in [3.05, 3.63) is 24.0 Å². The van der Waals surface area contributed by atoms with Gasteiger partial charge in [0.2, 0.25) is 10.0 Å². The maximum atomic E-state index is 13.2. The van der Waals surface area contributed by atoms with Crippen LogP contribution >= 0.6 is 0 Å². The Hall–Kier alpha value is -1.14. The molecule has 0 bridgehead atoms. The highest BCUT2D eigenvalue weighted by atomic mass is 32.2. The first kappa shape index (κ1) is 13.3. The minimum Gasteiger partial charge on any atom is -0.492 e. The fourth-order valence-electron chi connectivity index (χ4n) is 1.49. The Morgan fingerprint density at radius 2 is 2.06 bits per heavy atom. The van der Waals surface area contributed by atoms with Gasteiger partial charge in [-0.2, -0.15) is 0 Å². The lowest BCUT2D eigenvalue weighted by atomic mass is 10.3. The molecular formula is C12H16FNO3S. The zero-order chi connectivity index (χ0) is 13.3. The molecule has 1 saturated carbocycles. The fraction of sp³-hybridized carbons (Fsp3) is 0.500. The molecule has 0 amide bonds. The van der Waals surface area contributed by atoms with E-state index in [1.807, 2.05) is 0 Å². The monoisotopic (exact) mass is 273 g/mol. The SMILES string of the molecule is CN(C)S(=O)(=O)c1cc(F)ccc1OCC1CC1. The molecule has 6 heteroatoms. The molecule has 0 aliphatic heterocycles.